The van der Waals surface area contributed by atoms with Gasteiger partial charge < -0.3 is 15.5 Å². The largest absolute Gasteiger partial charge is 0.481 e. The van der Waals surface area contributed by atoms with Crippen LogP contribution in [-0.2, 0) is 14.4 Å². The van der Waals surface area contributed by atoms with Crippen LogP contribution in [0.25, 0.3) is 11.1 Å². The van der Waals surface area contributed by atoms with Crippen LogP contribution in [0.4, 0.5) is 13.2 Å². The summed E-state index contributed by atoms with van der Waals surface area (Å²) in [6.45, 7) is 0. The molecule has 2 aromatic rings. The molecule has 0 fully saturated rings. The molecule has 1 unspecified atom stereocenters. The molecule has 0 aromatic heterocycles. The lowest BCUT2D eigenvalue weighted by atomic mass is 9.88. The number of rotatable bonds is 9. The van der Waals surface area contributed by atoms with Crippen molar-refractivity contribution in [3.8, 4) is 11.1 Å². The average Bonchev–Trinajstić information content (AvgIpc) is 2.66. The van der Waals surface area contributed by atoms with E-state index >= 15 is 0 Å². The molecule has 2 aromatic carbocycles. The van der Waals surface area contributed by atoms with Gasteiger partial charge in [0.15, 0.2) is 0 Å². The fourth-order valence-corrected chi connectivity index (χ4v) is 3.06. The minimum atomic E-state index is -4.73. The van der Waals surface area contributed by atoms with Crippen LogP contribution < -0.4 is 5.32 Å². The molecule has 0 aliphatic carbocycles. The highest BCUT2D eigenvalue weighted by Crippen LogP contribution is 2.31. The van der Waals surface area contributed by atoms with E-state index in [0.717, 1.165) is 11.1 Å². The van der Waals surface area contributed by atoms with Gasteiger partial charge in [-0.2, -0.15) is 13.2 Å². The molecule has 0 bridgehead atoms. The molecular weight excluding hydrogens is 403 g/mol. The van der Waals surface area contributed by atoms with Crippen LogP contribution in [0.15, 0.2) is 54.6 Å². The summed E-state index contributed by atoms with van der Waals surface area (Å²) in [4.78, 5) is 34.3. The van der Waals surface area contributed by atoms with E-state index in [1.165, 1.54) is 12.1 Å². The van der Waals surface area contributed by atoms with E-state index in [1.54, 1.807) is 12.1 Å². The van der Waals surface area contributed by atoms with Crippen LogP contribution in [0.1, 0.15) is 30.7 Å². The average molecular weight is 423 g/mol. The Hall–Kier alpha value is -3.36. The first-order chi connectivity index (χ1) is 14.1. The molecular formula is C21H20F3NO5. The van der Waals surface area contributed by atoms with E-state index in [-0.39, 0.29) is 5.56 Å². The number of aliphatic carboxylic acids is 2. The normalized spacial score (nSPS) is 13.3. The molecule has 0 saturated carbocycles. The number of benzene rings is 2. The van der Waals surface area contributed by atoms with Crippen LogP contribution in [0.2, 0.25) is 0 Å². The van der Waals surface area contributed by atoms with Crippen LogP contribution in [-0.4, -0.2) is 40.3 Å². The zero-order valence-electron chi connectivity index (χ0n) is 15.7. The van der Waals surface area contributed by atoms with E-state index in [2.05, 4.69) is 5.32 Å². The molecule has 2 atom stereocenters. The summed E-state index contributed by atoms with van der Waals surface area (Å²) in [7, 11) is 0. The Balaban J connectivity index is 2.30. The number of hydrogen-bond donors (Lipinski definition) is 3. The molecule has 6 nitrogen and oxygen atoms in total. The second-order valence-corrected chi connectivity index (χ2v) is 6.69. The standard InChI is InChI=1S/C21H20F3NO5/c22-21(23,24)12-16(25-17(26)10-11-18(27)28)19(20(29)30)15-8-6-14(7-9-15)13-4-2-1-3-5-13/h1-9,16,19H,10-12H2,(H,25,26)(H,27,28)(H,29,30)/t16-,19?/m1/s1. The van der Waals surface area contributed by atoms with Gasteiger partial charge in [0, 0.05) is 6.42 Å². The third-order valence-corrected chi connectivity index (χ3v) is 4.41. The van der Waals surface area contributed by atoms with Crippen LogP contribution in [0.3, 0.4) is 0 Å². The van der Waals surface area contributed by atoms with E-state index in [0.29, 0.717) is 0 Å². The highest BCUT2D eigenvalue weighted by molar-refractivity contribution is 5.83. The quantitative estimate of drug-likeness (QED) is 0.569. The lowest BCUT2D eigenvalue weighted by molar-refractivity contribution is -0.151. The Labute approximate surface area is 170 Å². The van der Waals surface area contributed by atoms with Crippen molar-refractivity contribution in [1.29, 1.82) is 0 Å². The summed E-state index contributed by atoms with van der Waals surface area (Å²) in [5.74, 6) is -5.44. The maximum absolute atomic E-state index is 13.1. The Bertz CT molecular complexity index is 882. The number of carboxylic acids is 2. The number of carbonyl (C=O) groups is 3. The Morgan fingerprint density at radius 1 is 0.867 bits per heavy atom. The summed E-state index contributed by atoms with van der Waals surface area (Å²) < 4.78 is 39.2. The summed E-state index contributed by atoms with van der Waals surface area (Å²) in [6, 6.07) is 13.3. The number of alkyl halides is 3. The van der Waals surface area contributed by atoms with Crippen molar-refractivity contribution >= 4 is 17.8 Å². The molecule has 0 spiro atoms. The molecule has 9 heteroatoms. The number of carbonyl (C=O) groups excluding carboxylic acids is 1. The molecule has 0 heterocycles. The first kappa shape index (κ1) is 22.9. The van der Waals surface area contributed by atoms with Gasteiger partial charge in [-0.25, -0.2) is 0 Å². The van der Waals surface area contributed by atoms with Crippen molar-refractivity contribution in [2.24, 2.45) is 0 Å². The Kier molecular flexibility index (Phi) is 7.57. The highest BCUT2D eigenvalue weighted by Gasteiger charge is 2.40. The summed E-state index contributed by atoms with van der Waals surface area (Å²) in [5, 5.41) is 20.3. The van der Waals surface area contributed by atoms with Gasteiger partial charge in [-0.3, -0.25) is 14.4 Å². The lowest BCUT2D eigenvalue weighted by Crippen LogP contribution is -2.44. The molecule has 0 radical (unpaired) electrons. The van der Waals surface area contributed by atoms with Gasteiger partial charge in [0.2, 0.25) is 5.91 Å². The maximum atomic E-state index is 13.1. The zero-order valence-corrected chi connectivity index (χ0v) is 15.7. The van der Waals surface area contributed by atoms with Crippen molar-refractivity contribution in [3.63, 3.8) is 0 Å². The molecule has 0 saturated heterocycles. The minimum absolute atomic E-state index is 0.0926. The smallest absolute Gasteiger partial charge is 0.391 e. The van der Waals surface area contributed by atoms with Crippen molar-refractivity contribution in [1.82, 2.24) is 5.32 Å². The number of carboxylic acid groups (broad SMARTS) is 2. The summed E-state index contributed by atoms with van der Waals surface area (Å²) in [5.41, 5.74) is 1.70. The van der Waals surface area contributed by atoms with Crippen LogP contribution in [0.5, 0.6) is 0 Å². The lowest BCUT2D eigenvalue weighted by Gasteiger charge is -2.26. The molecule has 3 N–H and O–H groups in total. The van der Waals surface area contributed by atoms with Gasteiger partial charge in [0.1, 0.15) is 5.92 Å². The number of nitrogens with one attached hydrogen (secondary N) is 1. The first-order valence-corrected chi connectivity index (χ1v) is 9.03. The molecule has 160 valence electrons. The predicted octanol–water partition coefficient (Wildman–Crippen LogP) is 3.82. The second kappa shape index (κ2) is 9.91. The molecule has 0 aliphatic heterocycles. The van der Waals surface area contributed by atoms with Crippen molar-refractivity contribution in [3.05, 3.63) is 60.2 Å². The fraction of sp³-hybridized carbons (Fsp3) is 0.286. The molecule has 1 amide bonds. The molecule has 2 rings (SSSR count). The maximum Gasteiger partial charge on any atom is 0.391 e. The van der Waals surface area contributed by atoms with Crippen molar-refractivity contribution in [2.45, 2.75) is 37.4 Å². The van der Waals surface area contributed by atoms with Gasteiger partial charge in [-0.1, -0.05) is 54.6 Å². The predicted molar refractivity (Wildman–Crippen MR) is 102 cm³/mol. The highest BCUT2D eigenvalue weighted by atomic mass is 19.4. The van der Waals surface area contributed by atoms with E-state index < -0.39 is 55.2 Å². The van der Waals surface area contributed by atoms with Crippen LogP contribution in [0, 0.1) is 0 Å². The monoisotopic (exact) mass is 423 g/mol. The van der Waals surface area contributed by atoms with E-state index in [1.807, 2.05) is 30.3 Å². The van der Waals surface area contributed by atoms with Crippen molar-refractivity contribution in [2.75, 3.05) is 0 Å². The number of halogens is 3. The Morgan fingerprint density at radius 2 is 1.43 bits per heavy atom. The van der Waals surface area contributed by atoms with Gasteiger partial charge in [0.25, 0.3) is 0 Å². The first-order valence-electron chi connectivity index (χ1n) is 9.03. The topological polar surface area (TPSA) is 104 Å². The fourth-order valence-electron chi connectivity index (χ4n) is 3.06. The zero-order chi connectivity index (χ0) is 22.3. The summed E-state index contributed by atoms with van der Waals surface area (Å²) >= 11 is 0. The SMILES string of the molecule is O=C(O)CCC(=O)N[C@H](CC(F)(F)F)C(C(=O)O)c1ccc(-c2ccccc2)cc1. The van der Waals surface area contributed by atoms with E-state index in [9.17, 15) is 32.7 Å². The minimum Gasteiger partial charge on any atom is -0.481 e. The summed E-state index contributed by atoms with van der Waals surface area (Å²) in [6.07, 6.45) is -7.43. The van der Waals surface area contributed by atoms with Gasteiger partial charge in [-0.05, 0) is 16.7 Å². The van der Waals surface area contributed by atoms with Crippen LogP contribution >= 0.6 is 0 Å². The van der Waals surface area contributed by atoms with Gasteiger partial charge >= 0.3 is 18.1 Å². The van der Waals surface area contributed by atoms with E-state index in [4.69, 9.17) is 5.11 Å². The third-order valence-electron chi connectivity index (χ3n) is 4.41. The number of amides is 1. The van der Waals surface area contributed by atoms with Crippen molar-refractivity contribution < 1.29 is 37.8 Å². The van der Waals surface area contributed by atoms with Gasteiger partial charge in [0.05, 0.1) is 18.9 Å². The third kappa shape index (κ3) is 6.91. The van der Waals surface area contributed by atoms with Gasteiger partial charge in [-0.15, -0.1) is 0 Å². The molecule has 0 aliphatic rings. The molecule has 30 heavy (non-hydrogen) atoms. The number of hydrogen-bond acceptors (Lipinski definition) is 3. The Morgan fingerprint density at radius 3 is 1.93 bits per heavy atom. The second-order valence-electron chi connectivity index (χ2n) is 6.69.